The number of rotatable bonds is 12. The van der Waals surface area contributed by atoms with Crippen LogP contribution in [0.1, 0.15) is 23.6 Å². The fraction of sp³-hybridized carbons (Fsp3) is 0.212. The largest absolute Gasteiger partial charge is 0.416 e. The van der Waals surface area contributed by atoms with Crippen molar-refractivity contribution < 1.29 is 31.2 Å². The van der Waals surface area contributed by atoms with E-state index in [9.17, 15) is 31.2 Å². The maximum absolute atomic E-state index is 14.3. The zero-order chi connectivity index (χ0) is 32.6. The van der Waals surface area contributed by atoms with Gasteiger partial charge in [0.15, 0.2) is 0 Å². The number of halogens is 4. The van der Waals surface area contributed by atoms with Crippen LogP contribution in [0.3, 0.4) is 0 Å². The maximum Gasteiger partial charge on any atom is 0.416 e. The summed E-state index contributed by atoms with van der Waals surface area (Å²) in [6, 6.07) is 26.0. The van der Waals surface area contributed by atoms with Gasteiger partial charge in [0.25, 0.3) is 10.0 Å². The number of carbonyl (C=O) groups is 2. The molecule has 0 heterocycles. The number of likely N-dealkylation sites (N-methyl/N-ethyl adjacent to an activating group) is 1. The summed E-state index contributed by atoms with van der Waals surface area (Å²) in [6.45, 7) is 0.982. The molecule has 0 aliphatic rings. The summed E-state index contributed by atoms with van der Waals surface area (Å²) in [5.74, 6) is -1.29. The van der Waals surface area contributed by atoms with Gasteiger partial charge in [-0.3, -0.25) is 13.9 Å². The normalized spacial score (nSPS) is 12.3. The van der Waals surface area contributed by atoms with Crippen molar-refractivity contribution in [2.75, 3.05) is 17.4 Å². The van der Waals surface area contributed by atoms with E-state index >= 15 is 0 Å². The summed E-state index contributed by atoms with van der Waals surface area (Å²) in [6.07, 6.45) is -4.72. The lowest BCUT2D eigenvalue weighted by Crippen LogP contribution is -2.53. The highest BCUT2D eigenvalue weighted by molar-refractivity contribution is 7.92. The Kier molecular flexibility index (Phi) is 10.9. The van der Waals surface area contributed by atoms with Crippen LogP contribution in [-0.2, 0) is 38.8 Å². The van der Waals surface area contributed by atoms with E-state index in [2.05, 4.69) is 5.32 Å². The standard InChI is InChI=1S/C33H31ClF3N3O4S/c1-2-38-32(42)30(20-24-12-6-3-7-13-24)39(22-25-14-8-4-9-15-25)31(41)23-40(45(43,44)27-16-10-5-11-17-27)29-21-26(33(35,36)37)18-19-28(29)34/h3-19,21,30H,2,20,22-23H2,1H3,(H,38,42). The molecule has 0 saturated carbocycles. The second-order valence-electron chi connectivity index (χ2n) is 10.1. The second-order valence-corrected chi connectivity index (χ2v) is 12.4. The van der Waals surface area contributed by atoms with Gasteiger partial charge in [-0.1, -0.05) is 90.5 Å². The number of sulfonamides is 1. The molecule has 12 heteroatoms. The summed E-state index contributed by atoms with van der Waals surface area (Å²) in [7, 11) is -4.62. The second kappa shape index (κ2) is 14.6. The Bertz CT molecular complexity index is 1710. The number of alkyl halides is 3. The topological polar surface area (TPSA) is 86.8 Å². The van der Waals surface area contributed by atoms with Crippen molar-refractivity contribution >= 4 is 39.1 Å². The Labute approximate surface area is 265 Å². The van der Waals surface area contributed by atoms with Gasteiger partial charge in [-0.2, -0.15) is 13.2 Å². The molecule has 0 aromatic heterocycles. The highest BCUT2D eigenvalue weighted by atomic mass is 35.5. The van der Waals surface area contributed by atoms with Crippen LogP contribution in [0.2, 0.25) is 5.02 Å². The zero-order valence-corrected chi connectivity index (χ0v) is 25.8. The number of amides is 2. The maximum atomic E-state index is 14.3. The third kappa shape index (κ3) is 8.43. The van der Waals surface area contributed by atoms with Crippen LogP contribution in [0, 0.1) is 0 Å². The van der Waals surface area contributed by atoms with E-state index in [0.717, 1.165) is 17.7 Å². The Balaban J connectivity index is 1.85. The lowest BCUT2D eigenvalue weighted by molar-refractivity contribution is -0.140. The Morgan fingerprint density at radius 1 is 0.844 bits per heavy atom. The Morgan fingerprint density at radius 3 is 1.96 bits per heavy atom. The van der Waals surface area contributed by atoms with Crippen LogP contribution in [0.15, 0.2) is 114 Å². The third-order valence-corrected chi connectivity index (χ3v) is 9.06. The van der Waals surface area contributed by atoms with Gasteiger partial charge in [-0.05, 0) is 48.4 Å². The lowest BCUT2D eigenvalue weighted by Gasteiger charge is -2.34. The van der Waals surface area contributed by atoms with E-state index in [0.29, 0.717) is 15.9 Å². The van der Waals surface area contributed by atoms with E-state index in [1.54, 1.807) is 67.6 Å². The molecule has 4 aromatic rings. The number of anilines is 1. The minimum Gasteiger partial charge on any atom is -0.355 e. The quantitative estimate of drug-likeness (QED) is 0.193. The summed E-state index contributed by atoms with van der Waals surface area (Å²) in [5.41, 5.74) is -0.272. The zero-order valence-electron chi connectivity index (χ0n) is 24.2. The van der Waals surface area contributed by atoms with Crippen molar-refractivity contribution in [2.45, 2.75) is 37.0 Å². The predicted octanol–water partition coefficient (Wildman–Crippen LogP) is 6.33. The minimum absolute atomic E-state index is 0.0795. The van der Waals surface area contributed by atoms with E-state index in [1.165, 1.54) is 29.2 Å². The molecule has 4 rings (SSSR count). The van der Waals surface area contributed by atoms with Crippen molar-refractivity contribution in [3.63, 3.8) is 0 Å². The lowest BCUT2D eigenvalue weighted by atomic mass is 10.0. The van der Waals surface area contributed by atoms with Crippen molar-refractivity contribution in [1.29, 1.82) is 0 Å². The van der Waals surface area contributed by atoms with Crippen molar-refractivity contribution in [1.82, 2.24) is 10.2 Å². The molecule has 1 unspecified atom stereocenters. The molecule has 0 saturated heterocycles. The van der Waals surface area contributed by atoms with Gasteiger partial charge < -0.3 is 10.2 Å². The molecule has 0 spiro atoms. The average molecular weight is 658 g/mol. The number of nitrogens with one attached hydrogen (secondary N) is 1. The number of hydrogen-bond donors (Lipinski definition) is 1. The van der Waals surface area contributed by atoms with E-state index in [-0.39, 0.29) is 29.4 Å². The van der Waals surface area contributed by atoms with Gasteiger partial charge in [0.2, 0.25) is 11.8 Å². The molecule has 0 aliphatic heterocycles. The fourth-order valence-electron chi connectivity index (χ4n) is 4.74. The minimum atomic E-state index is -4.82. The van der Waals surface area contributed by atoms with Gasteiger partial charge in [0.05, 0.1) is 21.2 Å². The number of nitrogens with zero attached hydrogens (tertiary/aromatic N) is 2. The smallest absolute Gasteiger partial charge is 0.355 e. The first-order valence-electron chi connectivity index (χ1n) is 14.0. The molecule has 45 heavy (non-hydrogen) atoms. The van der Waals surface area contributed by atoms with Gasteiger partial charge in [0.1, 0.15) is 12.6 Å². The summed E-state index contributed by atoms with van der Waals surface area (Å²) in [4.78, 5) is 28.8. The molecule has 4 aromatic carbocycles. The molecular formula is C33H31ClF3N3O4S. The highest BCUT2D eigenvalue weighted by Crippen LogP contribution is 2.37. The van der Waals surface area contributed by atoms with Crippen LogP contribution < -0.4 is 9.62 Å². The van der Waals surface area contributed by atoms with E-state index in [4.69, 9.17) is 11.6 Å². The van der Waals surface area contributed by atoms with Gasteiger partial charge in [-0.15, -0.1) is 0 Å². The first-order chi connectivity index (χ1) is 21.4. The summed E-state index contributed by atoms with van der Waals surface area (Å²) < 4.78 is 69.8. The number of benzene rings is 4. The van der Waals surface area contributed by atoms with Crippen molar-refractivity contribution in [3.8, 4) is 0 Å². The molecule has 1 N–H and O–H groups in total. The van der Waals surface area contributed by atoms with Crippen LogP contribution >= 0.6 is 11.6 Å². The molecule has 0 aliphatic carbocycles. The molecular weight excluding hydrogens is 627 g/mol. The molecule has 2 amide bonds. The first-order valence-corrected chi connectivity index (χ1v) is 15.8. The number of hydrogen-bond acceptors (Lipinski definition) is 4. The van der Waals surface area contributed by atoms with Gasteiger partial charge in [0, 0.05) is 19.5 Å². The highest BCUT2D eigenvalue weighted by Gasteiger charge is 2.37. The monoisotopic (exact) mass is 657 g/mol. The fourth-order valence-corrected chi connectivity index (χ4v) is 6.45. The van der Waals surface area contributed by atoms with Crippen molar-refractivity contribution in [2.24, 2.45) is 0 Å². The summed E-state index contributed by atoms with van der Waals surface area (Å²) in [5, 5.41) is 2.44. The summed E-state index contributed by atoms with van der Waals surface area (Å²) >= 11 is 6.33. The molecule has 0 bridgehead atoms. The van der Waals surface area contributed by atoms with Crippen molar-refractivity contribution in [3.05, 3.63) is 131 Å². The molecule has 236 valence electrons. The van der Waals surface area contributed by atoms with Crippen LogP contribution in [0.4, 0.5) is 18.9 Å². The SMILES string of the molecule is CCNC(=O)C(Cc1ccccc1)N(Cc1ccccc1)C(=O)CN(c1cc(C(F)(F)F)ccc1Cl)S(=O)(=O)c1ccccc1. The van der Waals surface area contributed by atoms with Gasteiger partial charge in [-0.25, -0.2) is 8.42 Å². The third-order valence-electron chi connectivity index (χ3n) is 6.97. The predicted molar refractivity (Wildman–Crippen MR) is 167 cm³/mol. The molecule has 0 radical (unpaired) electrons. The van der Waals surface area contributed by atoms with E-state index < -0.39 is 51.9 Å². The Hall–Kier alpha value is -4.35. The van der Waals surface area contributed by atoms with Crippen LogP contribution in [0.5, 0.6) is 0 Å². The van der Waals surface area contributed by atoms with Crippen LogP contribution in [0.25, 0.3) is 0 Å². The van der Waals surface area contributed by atoms with Gasteiger partial charge >= 0.3 is 6.18 Å². The first kappa shape index (κ1) is 33.5. The van der Waals surface area contributed by atoms with E-state index in [1.807, 2.05) is 6.07 Å². The van der Waals surface area contributed by atoms with Crippen LogP contribution in [-0.4, -0.2) is 44.3 Å². The average Bonchev–Trinajstić information content (AvgIpc) is 3.02. The molecule has 7 nitrogen and oxygen atoms in total. The molecule has 0 fully saturated rings. The molecule has 1 atom stereocenters. The Morgan fingerprint density at radius 2 is 1.40 bits per heavy atom. The number of carbonyl (C=O) groups excluding carboxylic acids is 2.